The van der Waals surface area contributed by atoms with Gasteiger partial charge in [0.05, 0.1) is 28.1 Å². The Bertz CT molecular complexity index is 1140. The number of rotatable bonds is 6. The Labute approximate surface area is 164 Å². The molecule has 0 radical (unpaired) electrons. The highest BCUT2D eigenvalue weighted by Crippen LogP contribution is 2.26. The van der Waals surface area contributed by atoms with Crippen LogP contribution in [0.4, 0.5) is 0 Å². The molecule has 0 amide bonds. The molecular formula is C20H18N2O5S. The SMILES string of the molecule is CCOC(=O)c1ccc(C(=N)c2cc3c(=O)c(C(=O)O)cn(CC)c3s2)cc1. The zero-order valence-electron chi connectivity index (χ0n) is 15.3. The standard InChI is InChI=1S/C20H18N2O5S/c1-3-22-10-14(19(24)25)17(23)13-9-15(28-18(13)22)16(21)11-5-7-12(8-6-11)20(26)27-4-2/h5-10,21H,3-4H2,1-2H3,(H,24,25). The second-order valence-corrected chi connectivity index (χ2v) is 7.00. The van der Waals surface area contributed by atoms with E-state index < -0.39 is 17.4 Å². The van der Waals surface area contributed by atoms with E-state index in [0.717, 1.165) is 0 Å². The molecule has 2 heterocycles. The van der Waals surface area contributed by atoms with Gasteiger partial charge in [0.25, 0.3) is 0 Å². The smallest absolute Gasteiger partial charge is 0.341 e. The van der Waals surface area contributed by atoms with Gasteiger partial charge in [-0.2, -0.15) is 0 Å². The summed E-state index contributed by atoms with van der Waals surface area (Å²) in [6.45, 7) is 4.37. The molecule has 144 valence electrons. The van der Waals surface area contributed by atoms with Crippen LogP contribution in [0, 0.1) is 5.41 Å². The van der Waals surface area contributed by atoms with Crippen molar-refractivity contribution < 1.29 is 19.4 Å². The minimum atomic E-state index is -1.27. The highest BCUT2D eigenvalue weighted by atomic mass is 32.1. The molecule has 2 N–H and O–H groups in total. The Morgan fingerprint density at radius 2 is 1.82 bits per heavy atom. The van der Waals surface area contributed by atoms with Crippen LogP contribution in [-0.2, 0) is 11.3 Å². The van der Waals surface area contributed by atoms with Gasteiger partial charge in [0.2, 0.25) is 5.43 Å². The molecule has 3 aromatic rings. The van der Waals surface area contributed by atoms with Crippen LogP contribution >= 0.6 is 11.3 Å². The zero-order valence-corrected chi connectivity index (χ0v) is 16.1. The fourth-order valence-corrected chi connectivity index (χ4v) is 3.98. The highest BCUT2D eigenvalue weighted by Gasteiger charge is 2.18. The van der Waals surface area contributed by atoms with Crippen molar-refractivity contribution in [1.29, 1.82) is 5.41 Å². The first-order chi connectivity index (χ1) is 13.4. The molecule has 3 rings (SSSR count). The average molecular weight is 398 g/mol. The van der Waals surface area contributed by atoms with Gasteiger partial charge in [-0.1, -0.05) is 12.1 Å². The number of ether oxygens (including phenoxy) is 1. The lowest BCUT2D eigenvalue weighted by molar-refractivity contribution is 0.0525. The summed E-state index contributed by atoms with van der Waals surface area (Å²) in [5.41, 5.74) is 0.319. The summed E-state index contributed by atoms with van der Waals surface area (Å²) < 4.78 is 6.65. The monoisotopic (exact) mass is 398 g/mol. The molecule has 0 aliphatic rings. The third kappa shape index (κ3) is 3.46. The first-order valence-corrected chi connectivity index (χ1v) is 9.45. The maximum absolute atomic E-state index is 12.5. The summed E-state index contributed by atoms with van der Waals surface area (Å²) in [5.74, 6) is -1.70. The van der Waals surface area contributed by atoms with Gasteiger partial charge in [-0.25, -0.2) is 9.59 Å². The number of carboxylic acids is 1. The van der Waals surface area contributed by atoms with Crippen molar-refractivity contribution in [3.63, 3.8) is 0 Å². The number of carbonyl (C=O) groups is 2. The lowest BCUT2D eigenvalue weighted by Crippen LogP contribution is -2.17. The fraction of sp³-hybridized carbons (Fsp3) is 0.200. The minimum absolute atomic E-state index is 0.190. The van der Waals surface area contributed by atoms with Gasteiger partial charge in [0.1, 0.15) is 10.4 Å². The summed E-state index contributed by atoms with van der Waals surface area (Å²) in [6, 6.07) is 8.02. The molecule has 0 spiro atoms. The Balaban J connectivity index is 2.03. The number of hydrogen-bond donors (Lipinski definition) is 2. The quantitative estimate of drug-likeness (QED) is 0.489. The Kier molecular flexibility index (Phi) is 5.41. The molecule has 0 saturated heterocycles. The molecule has 7 nitrogen and oxygen atoms in total. The molecule has 0 aliphatic heterocycles. The number of carbonyl (C=O) groups excluding carboxylic acids is 1. The van der Waals surface area contributed by atoms with Crippen LogP contribution in [0.5, 0.6) is 0 Å². The van der Waals surface area contributed by atoms with Crippen LogP contribution in [0.15, 0.2) is 41.3 Å². The maximum Gasteiger partial charge on any atom is 0.341 e. The van der Waals surface area contributed by atoms with Crippen molar-refractivity contribution in [3.8, 4) is 0 Å². The molecule has 0 aliphatic carbocycles. The van der Waals surface area contributed by atoms with Crippen molar-refractivity contribution in [2.75, 3.05) is 6.61 Å². The number of esters is 1. The molecule has 2 aromatic heterocycles. The summed E-state index contributed by atoms with van der Waals surface area (Å²) in [6.07, 6.45) is 1.34. The van der Waals surface area contributed by atoms with Crippen LogP contribution in [0.25, 0.3) is 10.2 Å². The summed E-state index contributed by atoms with van der Waals surface area (Å²) in [7, 11) is 0. The molecule has 0 bridgehead atoms. The number of fused-ring (bicyclic) bond motifs is 1. The second kappa shape index (κ2) is 7.77. The van der Waals surface area contributed by atoms with E-state index in [4.69, 9.17) is 10.1 Å². The molecule has 0 fully saturated rings. The summed E-state index contributed by atoms with van der Waals surface area (Å²) in [5, 5.41) is 18.0. The van der Waals surface area contributed by atoms with Gasteiger partial charge in [0.15, 0.2) is 0 Å². The predicted octanol–water partition coefficient (Wildman–Crippen LogP) is 3.37. The third-order valence-corrected chi connectivity index (χ3v) is 5.44. The normalized spacial score (nSPS) is 10.8. The van der Waals surface area contributed by atoms with Gasteiger partial charge < -0.3 is 14.4 Å². The van der Waals surface area contributed by atoms with Crippen molar-refractivity contribution >= 4 is 39.2 Å². The fourth-order valence-electron chi connectivity index (χ4n) is 2.82. The van der Waals surface area contributed by atoms with Gasteiger partial charge in [-0.05, 0) is 32.0 Å². The second-order valence-electron chi connectivity index (χ2n) is 5.97. The molecule has 1 aromatic carbocycles. The number of aryl methyl sites for hydroxylation is 1. The number of pyridine rings is 1. The minimum Gasteiger partial charge on any atom is -0.477 e. The Morgan fingerprint density at radius 1 is 1.18 bits per heavy atom. The lowest BCUT2D eigenvalue weighted by Gasteiger charge is -2.06. The number of benzene rings is 1. The van der Waals surface area contributed by atoms with Gasteiger partial charge in [-0.15, -0.1) is 11.3 Å². The summed E-state index contributed by atoms with van der Waals surface area (Å²) >= 11 is 1.26. The van der Waals surface area contributed by atoms with Crippen LogP contribution < -0.4 is 5.43 Å². The van der Waals surface area contributed by atoms with E-state index in [1.54, 1.807) is 41.8 Å². The first-order valence-electron chi connectivity index (χ1n) is 8.64. The number of aromatic nitrogens is 1. The molecule has 0 atom stereocenters. The van der Waals surface area contributed by atoms with Gasteiger partial charge in [-0.3, -0.25) is 10.2 Å². The molecule has 0 saturated carbocycles. The topological polar surface area (TPSA) is 109 Å². The van der Waals surface area contributed by atoms with E-state index in [9.17, 15) is 19.5 Å². The average Bonchev–Trinajstić information content (AvgIpc) is 3.14. The number of thiophene rings is 1. The number of hydrogen-bond acceptors (Lipinski definition) is 6. The highest BCUT2D eigenvalue weighted by molar-refractivity contribution is 7.20. The number of nitrogens with zero attached hydrogens (tertiary/aromatic N) is 1. The molecule has 0 unspecified atom stereocenters. The molecule has 28 heavy (non-hydrogen) atoms. The molecular weight excluding hydrogens is 380 g/mol. The van der Waals surface area contributed by atoms with Gasteiger partial charge in [0, 0.05) is 18.3 Å². The summed E-state index contributed by atoms with van der Waals surface area (Å²) in [4.78, 5) is 36.7. The third-order valence-electron chi connectivity index (χ3n) is 4.25. The maximum atomic E-state index is 12.5. The van der Waals surface area contributed by atoms with Gasteiger partial charge >= 0.3 is 11.9 Å². The molecule has 8 heteroatoms. The largest absolute Gasteiger partial charge is 0.477 e. The van der Waals surface area contributed by atoms with Crippen LogP contribution in [-0.4, -0.2) is 33.9 Å². The van der Waals surface area contributed by atoms with Crippen LogP contribution in [0.3, 0.4) is 0 Å². The zero-order chi connectivity index (χ0) is 20.4. The van der Waals surface area contributed by atoms with E-state index in [0.29, 0.717) is 27.4 Å². The van der Waals surface area contributed by atoms with E-state index in [2.05, 4.69) is 0 Å². The van der Waals surface area contributed by atoms with Crippen molar-refractivity contribution in [2.45, 2.75) is 20.4 Å². The van der Waals surface area contributed by atoms with Crippen LogP contribution in [0.2, 0.25) is 0 Å². The van der Waals surface area contributed by atoms with Crippen molar-refractivity contribution in [3.05, 3.63) is 68.3 Å². The van der Waals surface area contributed by atoms with Crippen LogP contribution in [0.1, 0.15) is 45.0 Å². The van der Waals surface area contributed by atoms with E-state index in [-0.39, 0.29) is 23.3 Å². The number of nitrogens with one attached hydrogen (secondary N) is 1. The number of aromatic carboxylic acids is 1. The van der Waals surface area contributed by atoms with Crippen molar-refractivity contribution in [1.82, 2.24) is 4.57 Å². The van der Waals surface area contributed by atoms with E-state index >= 15 is 0 Å². The first kappa shape index (κ1) is 19.5. The Hall–Kier alpha value is -3.26. The lowest BCUT2D eigenvalue weighted by atomic mass is 10.1. The predicted molar refractivity (Wildman–Crippen MR) is 107 cm³/mol. The van der Waals surface area contributed by atoms with Crippen molar-refractivity contribution in [2.24, 2.45) is 0 Å². The number of carboxylic acid groups (broad SMARTS) is 1. The Morgan fingerprint density at radius 3 is 2.39 bits per heavy atom. The van der Waals surface area contributed by atoms with E-state index in [1.165, 1.54) is 17.5 Å². The van der Waals surface area contributed by atoms with E-state index in [1.807, 2.05) is 6.92 Å².